The smallest absolute Gasteiger partial charge is 0.302 e. The normalized spacial score (nSPS) is 54.1. The average Bonchev–Trinajstić information content (AvgIpc) is 3.26. The standard InChI is InChI=1S/C28H44O2/c1-8-18(2)20-11-13-26(7)22-10-9-21-24(4,5)23(30-19(3)29)12-14-27(21)17-28(22,27)16-15-25(20,26)6/h8,18,20-23H,1,9-17H2,2-7H3/t18-,20-,21?,22?,23+,25-,26+,27-,28+/m1/s1. The summed E-state index contributed by atoms with van der Waals surface area (Å²) in [5.74, 6) is 2.95. The summed E-state index contributed by atoms with van der Waals surface area (Å²) in [4.78, 5) is 11.8. The molecule has 0 heterocycles. The number of carbonyl (C=O) groups is 1. The first-order valence-electron chi connectivity index (χ1n) is 12.8. The Balaban J connectivity index is 1.47. The number of rotatable bonds is 3. The maximum atomic E-state index is 11.8. The van der Waals surface area contributed by atoms with Crippen molar-refractivity contribution < 1.29 is 9.53 Å². The van der Waals surface area contributed by atoms with Crippen molar-refractivity contribution in [1.29, 1.82) is 0 Å². The van der Waals surface area contributed by atoms with Gasteiger partial charge < -0.3 is 4.74 Å². The first kappa shape index (κ1) is 21.1. The Hall–Kier alpha value is -0.790. The lowest BCUT2D eigenvalue weighted by molar-refractivity contribution is -0.181. The fraction of sp³-hybridized carbons (Fsp3) is 0.893. The Kier molecular flexibility index (Phi) is 4.33. The van der Waals surface area contributed by atoms with Gasteiger partial charge in [-0.3, -0.25) is 4.79 Å². The Morgan fingerprint density at radius 2 is 1.60 bits per heavy atom. The van der Waals surface area contributed by atoms with Gasteiger partial charge in [0.1, 0.15) is 6.10 Å². The molecular weight excluding hydrogens is 368 g/mol. The highest BCUT2D eigenvalue weighted by molar-refractivity contribution is 5.66. The first-order valence-corrected chi connectivity index (χ1v) is 12.8. The second-order valence-electron chi connectivity index (χ2n) is 13.2. The van der Waals surface area contributed by atoms with Crippen molar-refractivity contribution in [3.05, 3.63) is 12.7 Å². The molecule has 2 unspecified atom stereocenters. The molecule has 0 aromatic carbocycles. The van der Waals surface area contributed by atoms with Crippen molar-refractivity contribution in [1.82, 2.24) is 0 Å². The summed E-state index contributed by atoms with van der Waals surface area (Å²) in [6, 6.07) is 0. The van der Waals surface area contributed by atoms with E-state index in [1.165, 1.54) is 51.4 Å². The molecule has 5 aliphatic carbocycles. The highest BCUT2D eigenvalue weighted by atomic mass is 16.5. The van der Waals surface area contributed by atoms with Gasteiger partial charge in [0.05, 0.1) is 0 Å². The molecule has 0 aromatic heterocycles. The molecule has 0 amide bonds. The lowest BCUT2D eigenvalue weighted by atomic mass is 9.42. The predicted octanol–water partition coefficient (Wildman–Crippen LogP) is 7.18. The molecule has 0 aromatic rings. The molecule has 0 radical (unpaired) electrons. The van der Waals surface area contributed by atoms with Crippen LogP contribution in [-0.2, 0) is 9.53 Å². The summed E-state index contributed by atoms with van der Waals surface area (Å²) < 4.78 is 5.86. The van der Waals surface area contributed by atoms with Crippen molar-refractivity contribution in [3.8, 4) is 0 Å². The zero-order valence-corrected chi connectivity index (χ0v) is 20.4. The highest BCUT2D eigenvalue weighted by Gasteiger charge is 2.82. The minimum Gasteiger partial charge on any atom is -0.462 e. The van der Waals surface area contributed by atoms with Gasteiger partial charge in [-0.1, -0.05) is 40.7 Å². The van der Waals surface area contributed by atoms with E-state index in [1.807, 2.05) is 0 Å². The zero-order chi connectivity index (χ0) is 21.7. The van der Waals surface area contributed by atoms with E-state index in [4.69, 9.17) is 4.74 Å². The summed E-state index contributed by atoms with van der Waals surface area (Å²) in [7, 11) is 0. The molecule has 0 N–H and O–H groups in total. The van der Waals surface area contributed by atoms with E-state index in [1.54, 1.807) is 6.92 Å². The maximum absolute atomic E-state index is 11.8. The molecule has 2 nitrogen and oxygen atoms in total. The van der Waals surface area contributed by atoms with Crippen molar-refractivity contribution in [3.63, 3.8) is 0 Å². The van der Waals surface area contributed by atoms with Crippen LogP contribution in [0.15, 0.2) is 12.7 Å². The molecule has 5 aliphatic rings. The largest absolute Gasteiger partial charge is 0.462 e. The van der Waals surface area contributed by atoms with Gasteiger partial charge in [-0.05, 0) is 103 Å². The topological polar surface area (TPSA) is 26.3 Å². The SMILES string of the molecule is C=C[C@@H](C)[C@H]1CC[C@@]2(C)C3CCC4C(C)(C)[C@@H](OC(C)=O)CC[C@@]45C[C@@]35CC[C@]12C. The Morgan fingerprint density at radius 3 is 2.27 bits per heavy atom. The number of allylic oxidation sites excluding steroid dienone is 1. The van der Waals surface area contributed by atoms with Gasteiger partial charge in [0.15, 0.2) is 0 Å². The molecule has 9 atom stereocenters. The van der Waals surface area contributed by atoms with E-state index in [2.05, 4.69) is 47.3 Å². The van der Waals surface area contributed by atoms with Crippen LogP contribution in [0.3, 0.4) is 0 Å². The van der Waals surface area contributed by atoms with Crippen molar-refractivity contribution in [2.45, 2.75) is 105 Å². The van der Waals surface area contributed by atoms with Crippen molar-refractivity contribution >= 4 is 5.97 Å². The molecular formula is C28H44O2. The molecule has 5 saturated carbocycles. The minimum absolute atomic E-state index is 0.0995. The highest BCUT2D eigenvalue weighted by Crippen LogP contribution is 2.89. The van der Waals surface area contributed by atoms with E-state index in [-0.39, 0.29) is 17.5 Å². The molecule has 2 heteroatoms. The lowest BCUT2D eigenvalue weighted by Gasteiger charge is -2.63. The summed E-state index contributed by atoms with van der Waals surface area (Å²) in [5.41, 5.74) is 2.17. The molecule has 0 bridgehead atoms. The molecule has 0 saturated heterocycles. The maximum Gasteiger partial charge on any atom is 0.302 e. The van der Waals surface area contributed by atoms with Crippen LogP contribution in [0.1, 0.15) is 99.3 Å². The van der Waals surface area contributed by atoms with Gasteiger partial charge in [0, 0.05) is 12.3 Å². The van der Waals surface area contributed by atoms with Crippen LogP contribution >= 0.6 is 0 Å². The van der Waals surface area contributed by atoms with Gasteiger partial charge >= 0.3 is 5.97 Å². The van der Waals surface area contributed by atoms with Crippen LogP contribution in [0, 0.1) is 50.7 Å². The van der Waals surface area contributed by atoms with Crippen LogP contribution in [0.25, 0.3) is 0 Å². The Bertz CT molecular complexity index is 769. The van der Waals surface area contributed by atoms with Crippen molar-refractivity contribution in [2.75, 3.05) is 0 Å². The third-order valence-corrected chi connectivity index (χ3v) is 12.4. The number of hydrogen-bond donors (Lipinski definition) is 0. The van der Waals surface area contributed by atoms with E-state index in [0.29, 0.717) is 27.6 Å². The van der Waals surface area contributed by atoms with Crippen LogP contribution in [0.2, 0.25) is 0 Å². The number of carbonyl (C=O) groups excluding carboxylic acids is 1. The zero-order valence-electron chi connectivity index (χ0n) is 20.4. The molecule has 0 aliphatic heterocycles. The fourth-order valence-corrected chi connectivity index (χ4v) is 10.8. The number of esters is 1. The second kappa shape index (κ2) is 6.16. The molecule has 30 heavy (non-hydrogen) atoms. The van der Waals surface area contributed by atoms with Crippen molar-refractivity contribution in [2.24, 2.45) is 50.7 Å². The Morgan fingerprint density at radius 1 is 0.933 bits per heavy atom. The number of fused-ring (bicyclic) bond motifs is 2. The van der Waals surface area contributed by atoms with Gasteiger partial charge in [-0.2, -0.15) is 0 Å². The quantitative estimate of drug-likeness (QED) is 0.362. The summed E-state index contributed by atoms with van der Waals surface area (Å²) in [6.07, 6.45) is 14.5. The van der Waals surface area contributed by atoms with Crippen LogP contribution in [0.5, 0.6) is 0 Å². The van der Waals surface area contributed by atoms with Gasteiger partial charge in [0.25, 0.3) is 0 Å². The second-order valence-corrected chi connectivity index (χ2v) is 13.2. The van der Waals surface area contributed by atoms with E-state index in [9.17, 15) is 4.79 Å². The van der Waals surface area contributed by atoms with Crippen LogP contribution in [-0.4, -0.2) is 12.1 Å². The fourth-order valence-electron chi connectivity index (χ4n) is 10.8. The molecule has 2 spiro atoms. The van der Waals surface area contributed by atoms with Gasteiger partial charge in [-0.25, -0.2) is 0 Å². The number of hydrogen-bond acceptors (Lipinski definition) is 2. The van der Waals surface area contributed by atoms with Crippen LogP contribution < -0.4 is 0 Å². The van der Waals surface area contributed by atoms with E-state index >= 15 is 0 Å². The van der Waals surface area contributed by atoms with E-state index in [0.717, 1.165) is 24.2 Å². The van der Waals surface area contributed by atoms with E-state index < -0.39 is 0 Å². The number of ether oxygens (including phenoxy) is 1. The summed E-state index contributed by atoms with van der Waals surface area (Å²) in [6.45, 7) is 18.3. The monoisotopic (exact) mass is 412 g/mol. The summed E-state index contributed by atoms with van der Waals surface area (Å²) >= 11 is 0. The van der Waals surface area contributed by atoms with Gasteiger partial charge in [-0.15, -0.1) is 6.58 Å². The molecule has 5 fully saturated rings. The van der Waals surface area contributed by atoms with Crippen LogP contribution in [0.4, 0.5) is 0 Å². The average molecular weight is 413 g/mol. The predicted molar refractivity (Wildman–Crippen MR) is 122 cm³/mol. The third-order valence-electron chi connectivity index (χ3n) is 12.4. The Labute approximate surface area is 184 Å². The molecule has 5 rings (SSSR count). The summed E-state index contributed by atoms with van der Waals surface area (Å²) in [5, 5.41) is 0. The first-order chi connectivity index (χ1) is 14.0. The lowest BCUT2D eigenvalue weighted by Crippen LogP contribution is -2.58. The van der Waals surface area contributed by atoms with Gasteiger partial charge in [0.2, 0.25) is 0 Å². The third kappa shape index (κ3) is 2.25. The minimum atomic E-state index is -0.0995. The molecule has 168 valence electrons.